The second kappa shape index (κ2) is 5.02. The molecule has 0 saturated heterocycles. The van der Waals surface area contributed by atoms with Gasteiger partial charge < -0.3 is 9.64 Å². The molecule has 0 fully saturated rings. The van der Waals surface area contributed by atoms with Crippen LogP contribution in [0.4, 0.5) is 0 Å². The first-order chi connectivity index (χ1) is 6.24. The van der Waals surface area contributed by atoms with E-state index < -0.39 is 0 Å². The van der Waals surface area contributed by atoms with Crippen molar-refractivity contribution in [2.45, 2.75) is 19.9 Å². The number of aliphatic imine (C=N–C) groups is 1. The van der Waals surface area contributed by atoms with Crippen LogP contribution in [0.3, 0.4) is 0 Å². The van der Waals surface area contributed by atoms with Gasteiger partial charge in [-0.25, -0.2) is 0 Å². The minimum absolute atomic E-state index is 0.346. The van der Waals surface area contributed by atoms with Crippen LogP contribution in [0.1, 0.15) is 13.8 Å². The molecule has 0 saturated carbocycles. The second-order valence-corrected chi connectivity index (χ2v) is 3.57. The Morgan fingerprint density at radius 2 is 2.31 bits per heavy atom. The Balaban J connectivity index is 2.35. The first kappa shape index (κ1) is 10.3. The van der Waals surface area contributed by atoms with E-state index in [1.54, 1.807) is 7.11 Å². The van der Waals surface area contributed by atoms with Gasteiger partial charge in [-0.3, -0.25) is 4.99 Å². The fourth-order valence-corrected chi connectivity index (χ4v) is 1.17. The van der Waals surface area contributed by atoms with E-state index in [-0.39, 0.29) is 0 Å². The molecule has 0 aromatic rings. The molecule has 1 rings (SSSR count). The van der Waals surface area contributed by atoms with Crippen LogP contribution >= 0.6 is 0 Å². The summed E-state index contributed by atoms with van der Waals surface area (Å²) < 4.78 is 4.98. The summed E-state index contributed by atoms with van der Waals surface area (Å²) in [6, 6.07) is 0.346. The molecule has 0 spiro atoms. The van der Waals surface area contributed by atoms with E-state index >= 15 is 0 Å². The van der Waals surface area contributed by atoms with Gasteiger partial charge in [-0.1, -0.05) is 13.8 Å². The molecule has 0 N–H and O–H groups in total. The van der Waals surface area contributed by atoms with Crippen molar-refractivity contribution in [3.8, 4) is 0 Å². The lowest BCUT2D eigenvalue weighted by atomic mass is 10.1. The van der Waals surface area contributed by atoms with Crippen LogP contribution in [0.25, 0.3) is 0 Å². The molecule has 0 radical (unpaired) electrons. The van der Waals surface area contributed by atoms with Crippen LogP contribution < -0.4 is 0 Å². The van der Waals surface area contributed by atoms with Crippen molar-refractivity contribution in [3.63, 3.8) is 0 Å². The van der Waals surface area contributed by atoms with Gasteiger partial charge in [0.2, 0.25) is 0 Å². The molecule has 1 atom stereocenters. The van der Waals surface area contributed by atoms with Crippen LogP contribution in [0, 0.1) is 5.92 Å². The average molecular weight is 182 g/mol. The van der Waals surface area contributed by atoms with Crippen LogP contribution in [0.2, 0.25) is 0 Å². The highest BCUT2D eigenvalue weighted by molar-refractivity contribution is 5.58. The Labute approximate surface area is 80.1 Å². The first-order valence-corrected chi connectivity index (χ1v) is 4.70. The van der Waals surface area contributed by atoms with Gasteiger partial charge in [0.25, 0.3) is 0 Å². The molecular weight excluding hydrogens is 164 g/mol. The largest absolute Gasteiger partial charge is 0.383 e. The third kappa shape index (κ3) is 3.19. The zero-order valence-electron chi connectivity index (χ0n) is 8.60. The zero-order valence-corrected chi connectivity index (χ0v) is 8.60. The van der Waals surface area contributed by atoms with Gasteiger partial charge in [-0.15, -0.1) is 0 Å². The van der Waals surface area contributed by atoms with E-state index in [0.29, 0.717) is 12.0 Å². The molecule has 0 bridgehead atoms. The third-order valence-corrected chi connectivity index (χ3v) is 2.10. The summed E-state index contributed by atoms with van der Waals surface area (Å²) in [5.41, 5.74) is 0. The Kier molecular flexibility index (Phi) is 3.96. The molecular formula is C10H18N2O. The Morgan fingerprint density at radius 1 is 1.54 bits per heavy atom. The molecule has 13 heavy (non-hydrogen) atoms. The monoisotopic (exact) mass is 182 g/mol. The summed E-state index contributed by atoms with van der Waals surface area (Å²) >= 11 is 0. The zero-order chi connectivity index (χ0) is 9.68. The maximum absolute atomic E-state index is 4.98. The maximum Gasteiger partial charge on any atom is 0.0897 e. The van der Waals surface area contributed by atoms with Crippen LogP contribution in [0.5, 0.6) is 0 Å². The fourth-order valence-electron chi connectivity index (χ4n) is 1.17. The summed E-state index contributed by atoms with van der Waals surface area (Å²) in [6.45, 7) is 5.97. The molecule has 1 unspecified atom stereocenters. The van der Waals surface area contributed by atoms with E-state index in [1.165, 1.54) is 0 Å². The SMILES string of the molecule is COCCN1C=CC(C(C)C)N=C1. The minimum Gasteiger partial charge on any atom is -0.383 e. The molecule has 0 aliphatic carbocycles. The van der Waals surface area contributed by atoms with Crippen molar-refractivity contribution in [3.05, 3.63) is 12.3 Å². The minimum atomic E-state index is 0.346. The normalized spacial score (nSPS) is 21.5. The predicted molar refractivity (Wildman–Crippen MR) is 54.8 cm³/mol. The van der Waals surface area contributed by atoms with Crippen molar-refractivity contribution >= 4 is 6.34 Å². The number of hydrogen-bond acceptors (Lipinski definition) is 3. The summed E-state index contributed by atoms with van der Waals surface area (Å²) in [7, 11) is 1.71. The molecule has 3 heteroatoms. The van der Waals surface area contributed by atoms with Crippen molar-refractivity contribution in [1.29, 1.82) is 0 Å². The van der Waals surface area contributed by atoms with E-state index in [2.05, 4.69) is 31.1 Å². The van der Waals surface area contributed by atoms with Gasteiger partial charge in [0.05, 0.1) is 19.0 Å². The van der Waals surface area contributed by atoms with Crippen LogP contribution in [-0.2, 0) is 4.74 Å². The lowest BCUT2D eigenvalue weighted by molar-refractivity contribution is 0.187. The number of hydrogen-bond donors (Lipinski definition) is 0. The van der Waals surface area contributed by atoms with Gasteiger partial charge >= 0.3 is 0 Å². The summed E-state index contributed by atoms with van der Waals surface area (Å²) in [5.74, 6) is 0.581. The van der Waals surface area contributed by atoms with Gasteiger partial charge in [-0.2, -0.15) is 0 Å². The maximum atomic E-state index is 4.98. The van der Waals surface area contributed by atoms with Crippen LogP contribution in [-0.4, -0.2) is 37.5 Å². The lowest BCUT2D eigenvalue weighted by Crippen LogP contribution is -2.26. The predicted octanol–water partition coefficient (Wildman–Crippen LogP) is 1.52. The highest BCUT2D eigenvalue weighted by Crippen LogP contribution is 2.11. The summed E-state index contributed by atoms with van der Waals surface area (Å²) in [4.78, 5) is 6.47. The quantitative estimate of drug-likeness (QED) is 0.658. The highest BCUT2D eigenvalue weighted by atomic mass is 16.5. The lowest BCUT2D eigenvalue weighted by Gasteiger charge is -2.22. The number of rotatable bonds is 4. The molecule has 3 nitrogen and oxygen atoms in total. The van der Waals surface area contributed by atoms with Gasteiger partial charge in [0.1, 0.15) is 0 Å². The third-order valence-electron chi connectivity index (χ3n) is 2.10. The van der Waals surface area contributed by atoms with Crippen LogP contribution in [0.15, 0.2) is 17.3 Å². The van der Waals surface area contributed by atoms with E-state index in [0.717, 1.165) is 13.2 Å². The summed E-state index contributed by atoms with van der Waals surface area (Å²) in [6.07, 6.45) is 6.11. The molecule has 1 aliphatic heterocycles. The first-order valence-electron chi connectivity index (χ1n) is 4.70. The van der Waals surface area contributed by atoms with Gasteiger partial charge in [0, 0.05) is 19.9 Å². The number of ether oxygens (including phenoxy) is 1. The topological polar surface area (TPSA) is 24.8 Å². The van der Waals surface area contributed by atoms with E-state index in [4.69, 9.17) is 4.74 Å². The van der Waals surface area contributed by atoms with Crippen molar-refractivity contribution in [1.82, 2.24) is 4.90 Å². The fraction of sp³-hybridized carbons (Fsp3) is 0.700. The van der Waals surface area contributed by atoms with Crippen molar-refractivity contribution < 1.29 is 4.74 Å². The van der Waals surface area contributed by atoms with E-state index in [9.17, 15) is 0 Å². The average Bonchev–Trinajstić information content (AvgIpc) is 2.15. The molecule has 0 amide bonds. The van der Waals surface area contributed by atoms with Crippen molar-refractivity contribution in [2.75, 3.05) is 20.3 Å². The van der Waals surface area contributed by atoms with E-state index in [1.807, 2.05) is 11.2 Å². The molecule has 1 heterocycles. The molecule has 74 valence electrons. The molecule has 0 aromatic carbocycles. The molecule has 1 aliphatic rings. The second-order valence-electron chi connectivity index (χ2n) is 3.57. The van der Waals surface area contributed by atoms with Gasteiger partial charge in [-0.05, 0) is 12.0 Å². The Morgan fingerprint density at radius 3 is 2.77 bits per heavy atom. The number of methoxy groups -OCH3 is 1. The number of nitrogens with zero attached hydrogens (tertiary/aromatic N) is 2. The molecule has 0 aromatic heterocycles. The summed E-state index contributed by atoms with van der Waals surface area (Å²) in [5, 5.41) is 0. The standard InChI is InChI=1S/C10H18N2O/c1-9(2)10-4-5-12(8-11-10)6-7-13-3/h4-5,8-10H,6-7H2,1-3H3. The van der Waals surface area contributed by atoms with Gasteiger partial charge in [0.15, 0.2) is 0 Å². The Hall–Kier alpha value is -0.830. The smallest absolute Gasteiger partial charge is 0.0897 e. The van der Waals surface area contributed by atoms with Crippen molar-refractivity contribution in [2.24, 2.45) is 10.9 Å². The highest BCUT2D eigenvalue weighted by Gasteiger charge is 2.11. The Bertz CT molecular complexity index is 185.